The van der Waals surface area contributed by atoms with Crippen LogP contribution in [0.1, 0.15) is 42.9 Å². The molecule has 0 bridgehead atoms. The van der Waals surface area contributed by atoms with E-state index in [1.165, 1.54) is 22.1 Å². The molecule has 4 heterocycles. The Morgan fingerprint density at radius 1 is 1.27 bits per heavy atom. The van der Waals surface area contributed by atoms with Gasteiger partial charge in [-0.3, -0.25) is 4.79 Å². The number of nitrogens with zero attached hydrogens (tertiary/aromatic N) is 4. The van der Waals surface area contributed by atoms with E-state index >= 15 is 0 Å². The summed E-state index contributed by atoms with van der Waals surface area (Å²) in [6, 6.07) is 6.79. The molecule has 0 saturated carbocycles. The third kappa shape index (κ3) is 7.31. The zero-order valence-corrected chi connectivity index (χ0v) is 22.8. The molecule has 12 nitrogen and oxygen atoms in total. The number of hydrogen-bond donors (Lipinski definition) is 2. The summed E-state index contributed by atoms with van der Waals surface area (Å²) in [6.07, 6.45) is 1.71. The van der Waals surface area contributed by atoms with Crippen molar-refractivity contribution in [2.45, 2.75) is 45.3 Å². The molecule has 3 aromatic heterocycles. The van der Waals surface area contributed by atoms with Crippen LogP contribution in [0.5, 0.6) is 5.88 Å². The SMILES string of the molecule is CC(C)N1CCC(NC(=O)Oc2cc(C(=O)NS(C)(=O)=O)nn2Cc2cc(-c3ccc(Cl)s3)on2)CC1. The van der Waals surface area contributed by atoms with E-state index < -0.39 is 22.0 Å². The van der Waals surface area contributed by atoms with E-state index in [2.05, 4.69) is 34.3 Å². The fourth-order valence-electron chi connectivity index (χ4n) is 3.88. The second-order valence-corrected chi connectivity index (χ2v) is 12.4. The zero-order valence-electron chi connectivity index (χ0n) is 20.4. The Labute approximate surface area is 222 Å². The molecule has 37 heavy (non-hydrogen) atoms. The van der Waals surface area contributed by atoms with Crippen LogP contribution in [0.4, 0.5) is 4.79 Å². The lowest BCUT2D eigenvalue weighted by Crippen LogP contribution is -2.47. The fourth-order valence-corrected chi connectivity index (χ4v) is 5.31. The maximum Gasteiger partial charge on any atom is 0.414 e. The molecular weight excluding hydrogens is 544 g/mol. The van der Waals surface area contributed by atoms with Crippen LogP contribution in [-0.4, -0.2) is 71.7 Å². The first-order chi connectivity index (χ1) is 17.5. The summed E-state index contributed by atoms with van der Waals surface area (Å²) in [7, 11) is -3.82. The molecule has 0 atom stereocenters. The molecule has 0 radical (unpaired) electrons. The number of carbonyl (C=O) groups is 2. The van der Waals surface area contributed by atoms with Gasteiger partial charge in [-0.25, -0.2) is 22.6 Å². The first-order valence-corrected chi connectivity index (χ1v) is 14.6. The molecule has 200 valence electrons. The lowest BCUT2D eigenvalue weighted by molar-refractivity contribution is 0.0976. The first kappa shape index (κ1) is 27.1. The van der Waals surface area contributed by atoms with Crippen molar-refractivity contribution < 1.29 is 27.3 Å². The Hall–Kier alpha value is -2.94. The van der Waals surface area contributed by atoms with Crippen LogP contribution < -0.4 is 14.8 Å². The zero-order chi connectivity index (χ0) is 26.7. The number of amides is 2. The van der Waals surface area contributed by atoms with Gasteiger partial charge in [-0.15, -0.1) is 11.3 Å². The van der Waals surface area contributed by atoms with E-state index in [1.54, 1.807) is 18.2 Å². The van der Waals surface area contributed by atoms with Gasteiger partial charge in [0, 0.05) is 37.3 Å². The van der Waals surface area contributed by atoms with E-state index in [4.69, 9.17) is 20.9 Å². The molecule has 0 aromatic carbocycles. The summed E-state index contributed by atoms with van der Waals surface area (Å²) in [5.74, 6) is -0.525. The van der Waals surface area contributed by atoms with Crippen molar-refractivity contribution in [2.75, 3.05) is 19.3 Å². The standard InChI is InChI=1S/C22H27ClN6O6S2/c1-13(2)28-8-6-14(7-9-28)24-22(31)34-20-11-16(21(30)27-37(3,32)33)25-29(20)12-15-10-17(35-26-15)18-4-5-19(23)36-18/h4-5,10-11,13-14H,6-9,12H2,1-3H3,(H,24,31)(H,27,30). The molecule has 1 saturated heterocycles. The smallest absolute Gasteiger partial charge is 0.391 e. The molecule has 1 aliphatic heterocycles. The quantitative estimate of drug-likeness (QED) is 0.417. The van der Waals surface area contributed by atoms with Gasteiger partial charge < -0.3 is 19.5 Å². The minimum absolute atomic E-state index is 0.00977. The Kier molecular flexibility index (Phi) is 8.21. The van der Waals surface area contributed by atoms with Gasteiger partial charge in [0.1, 0.15) is 5.69 Å². The Morgan fingerprint density at radius 2 is 2.00 bits per heavy atom. The maximum atomic E-state index is 12.7. The number of thiophene rings is 1. The molecule has 15 heteroatoms. The molecule has 4 rings (SSSR count). The van der Waals surface area contributed by atoms with E-state index in [1.807, 2.05) is 4.72 Å². The van der Waals surface area contributed by atoms with Crippen molar-refractivity contribution in [3.05, 3.63) is 40.0 Å². The maximum absolute atomic E-state index is 12.7. The second kappa shape index (κ2) is 11.2. The number of sulfonamides is 1. The number of likely N-dealkylation sites (tertiary alicyclic amines) is 1. The highest BCUT2D eigenvalue weighted by Crippen LogP contribution is 2.31. The predicted molar refractivity (Wildman–Crippen MR) is 137 cm³/mol. The van der Waals surface area contributed by atoms with E-state index in [-0.39, 0.29) is 24.2 Å². The van der Waals surface area contributed by atoms with Crippen LogP contribution in [0.2, 0.25) is 4.34 Å². The topological polar surface area (TPSA) is 149 Å². The Morgan fingerprint density at radius 3 is 2.62 bits per heavy atom. The fraction of sp³-hybridized carbons (Fsp3) is 0.455. The Balaban J connectivity index is 1.49. The monoisotopic (exact) mass is 570 g/mol. The largest absolute Gasteiger partial charge is 0.414 e. The summed E-state index contributed by atoms with van der Waals surface area (Å²) in [6.45, 7) is 5.98. The van der Waals surface area contributed by atoms with Crippen LogP contribution in [0.3, 0.4) is 0 Å². The lowest BCUT2D eigenvalue weighted by Gasteiger charge is -2.34. The minimum atomic E-state index is -3.82. The number of rotatable bonds is 8. The van der Waals surface area contributed by atoms with Crippen molar-refractivity contribution >= 4 is 45.0 Å². The number of carbonyl (C=O) groups excluding carboxylic acids is 2. The van der Waals surface area contributed by atoms with Crippen molar-refractivity contribution in [1.82, 2.24) is 29.9 Å². The van der Waals surface area contributed by atoms with Crippen LogP contribution >= 0.6 is 22.9 Å². The van der Waals surface area contributed by atoms with Crippen molar-refractivity contribution in [1.29, 1.82) is 0 Å². The normalized spacial score (nSPS) is 15.2. The number of ether oxygens (including phenoxy) is 1. The third-order valence-corrected chi connectivity index (χ3v) is 7.52. The summed E-state index contributed by atoms with van der Waals surface area (Å²) < 4.78 is 37.6. The molecule has 1 fully saturated rings. The summed E-state index contributed by atoms with van der Waals surface area (Å²) in [4.78, 5) is 28.2. The number of hydrogen-bond acceptors (Lipinski definition) is 10. The van der Waals surface area contributed by atoms with Gasteiger partial charge in [-0.2, -0.15) is 5.10 Å². The van der Waals surface area contributed by atoms with E-state index in [0.717, 1.165) is 37.1 Å². The van der Waals surface area contributed by atoms with Gasteiger partial charge in [-0.05, 0) is 38.8 Å². The highest BCUT2D eigenvalue weighted by atomic mass is 35.5. The van der Waals surface area contributed by atoms with Crippen LogP contribution in [-0.2, 0) is 16.6 Å². The van der Waals surface area contributed by atoms with Crippen molar-refractivity contribution in [3.8, 4) is 16.5 Å². The molecule has 0 spiro atoms. The van der Waals surface area contributed by atoms with Gasteiger partial charge in [0.05, 0.1) is 22.0 Å². The minimum Gasteiger partial charge on any atom is -0.391 e. The molecule has 3 aromatic rings. The number of piperidine rings is 1. The van der Waals surface area contributed by atoms with Crippen molar-refractivity contribution in [3.63, 3.8) is 0 Å². The number of halogens is 1. The molecule has 2 N–H and O–H groups in total. The van der Waals surface area contributed by atoms with Gasteiger partial charge in [-0.1, -0.05) is 16.8 Å². The van der Waals surface area contributed by atoms with Crippen LogP contribution in [0, 0.1) is 0 Å². The highest BCUT2D eigenvalue weighted by Gasteiger charge is 2.25. The number of aromatic nitrogens is 3. The molecule has 1 aliphatic rings. The van der Waals surface area contributed by atoms with E-state index in [0.29, 0.717) is 21.8 Å². The van der Waals surface area contributed by atoms with Crippen molar-refractivity contribution in [2.24, 2.45) is 0 Å². The third-order valence-electron chi connectivity index (χ3n) is 5.72. The molecule has 0 unspecified atom stereocenters. The average molecular weight is 571 g/mol. The van der Waals surface area contributed by atoms with Gasteiger partial charge >= 0.3 is 6.09 Å². The van der Waals surface area contributed by atoms with Gasteiger partial charge in [0.25, 0.3) is 5.91 Å². The predicted octanol–water partition coefficient (Wildman–Crippen LogP) is 2.95. The van der Waals surface area contributed by atoms with E-state index in [9.17, 15) is 18.0 Å². The van der Waals surface area contributed by atoms with Crippen LogP contribution in [0.25, 0.3) is 10.6 Å². The first-order valence-electron chi connectivity index (χ1n) is 11.5. The van der Waals surface area contributed by atoms with Gasteiger partial charge in [0.2, 0.25) is 15.9 Å². The highest BCUT2D eigenvalue weighted by molar-refractivity contribution is 7.89. The summed E-state index contributed by atoms with van der Waals surface area (Å²) in [5.41, 5.74) is 0.191. The second-order valence-electron chi connectivity index (χ2n) is 8.95. The molecular formula is C22H27ClN6O6S2. The Bertz CT molecular complexity index is 1370. The molecule has 2 amide bonds. The number of nitrogens with one attached hydrogen (secondary N) is 2. The lowest BCUT2D eigenvalue weighted by atomic mass is 10.0. The molecule has 0 aliphatic carbocycles. The summed E-state index contributed by atoms with van der Waals surface area (Å²) in [5, 5.41) is 11.0. The summed E-state index contributed by atoms with van der Waals surface area (Å²) >= 11 is 7.31. The van der Waals surface area contributed by atoms with Gasteiger partial charge in [0.15, 0.2) is 11.5 Å². The van der Waals surface area contributed by atoms with Crippen LogP contribution in [0.15, 0.2) is 28.8 Å². The average Bonchev–Trinajstić information content (AvgIpc) is 3.54.